The van der Waals surface area contributed by atoms with Gasteiger partial charge in [0, 0.05) is 21.7 Å². The van der Waals surface area contributed by atoms with Crippen molar-refractivity contribution in [2.24, 2.45) is 4.99 Å². The molecule has 0 bridgehead atoms. The third-order valence-electron chi connectivity index (χ3n) is 3.52. The van der Waals surface area contributed by atoms with Crippen LogP contribution in [0.1, 0.15) is 24.2 Å². The minimum absolute atomic E-state index is 0.185. The molecular formula is C19H19N3O3S3. The van der Waals surface area contributed by atoms with Gasteiger partial charge in [0.25, 0.3) is 5.91 Å². The van der Waals surface area contributed by atoms with Crippen molar-refractivity contribution in [1.82, 2.24) is 4.98 Å². The highest BCUT2D eigenvalue weighted by Gasteiger charge is 2.15. The molecule has 1 heterocycles. The normalized spacial score (nSPS) is 15.6. The van der Waals surface area contributed by atoms with E-state index in [9.17, 15) is 13.6 Å². The molecule has 0 saturated carbocycles. The second-order valence-corrected chi connectivity index (χ2v) is 10.3. The van der Waals surface area contributed by atoms with Gasteiger partial charge in [-0.3, -0.25) is 14.1 Å². The molecule has 2 N–H and O–H groups in total. The van der Waals surface area contributed by atoms with Crippen LogP contribution in [0.25, 0.3) is 0 Å². The SMILES string of the molecule is CC(C)Sc1ccccc1C(=O)N=C1C=CC(=S(=O)(O)Nc2nccs2)C=C1. The van der Waals surface area contributed by atoms with Crippen LogP contribution in [0, 0.1) is 0 Å². The van der Waals surface area contributed by atoms with Crippen molar-refractivity contribution in [3.05, 3.63) is 65.7 Å². The second kappa shape index (κ2) is 8.87. The first-order valence-electron chi connectivity index (χ1n) is 8.41. The number of hydrogen-bond acceptors (Lipinski definition) is 5. The van der Waals surface area contributed by atoms with Gasteiger partial charge in [-0.25, -0.2) is 14.2 Å². The molecule has 3 rings (SSSR count). The molecule has 0 saturated heterocycles. The largest absolute Gasteiger partial charge is 0.298 e. The van der Waals surface area contributed by atoms with E-state index in [2.05, 4.69) is 28.5 Å². The first-order chi connectivity index (χ1) is 13.3. The van der Waals surface area contributed by atoms with E-state index in [1.54, 1.807) is 47.6 Å². The van der Waals surface area contributed by atoms with Crippen molar-refractivity contribution in [3.8, 4) is 0 Å². The van der Waals surface area contributed by atoms with Gasteiger partial charge >= 0.3 is 0 Å². The topological polar surface area (TPSA) is 91.7 Å². The minimum Gasteiger partial charge on any atom is -0.298 e. The maximum Gasteiger partial charge on any atom is 0.278 e. The van der Waals surface area contributed by atoms with Gasteiger partial charge in [0.1, 0.15) is 0 Å². The summed E-state index contributed by atoms with van der Waals surface area (Å²) < 4.78 is 25.2. The van der Waals surface area contributed by atoms with Gasteiger partial charge in [0.2, 0.25) is 0 Å². The van der Waals surface area contributed by atoms with Crippen molar-refractivity contribution in [3.63, 3.8) is 0 Å². The summed E-state index contributed by atoms with van der Waals surface area (Å²) >= 11 is 2.84. The number of aromatic nitrogens is 1. The fourth-order valence-electron chi connectivity index (χ4n) is 2.33. The Bertz CT molecular complexity index is 1060. The molecule has 1 amide bonds. The molecule has 0 fully saturated rings. The predicted molar refractivity (Wildman–Crippen MR) is 119 cm³/mol. The van der Waals surface area contributed by atoms with Crippen LogP contribution in [-0.4, -0.2) is 35.5 Å². The lowest BCUT2D eigenvalue weighted by Gasteiger charge is -2.11. The maximum atomic E-state index is 12.6. The number of aliphatic imine (C=N–C) groups is 1. The van der Waals surface area contributed by atoms with Crippen LogP contribution in [0.4, 0.5) is 5.13 Å². The molecule has 1 aliphatic carbocycles. The van der Waals surface area contributed by atoms with Crippen LogP contribution in [0.15, 0.2) is 70.0 Å². The zero-order valence-electron chi connectivity index (χ0n) is 15.2. The molecule has 0 radical (unpaired) electrons. The summed E-state index contributed by atoms with van der Waals surface area (Å²) in [5, 5.41) is 2.41. The van der Waals surface area contributed by atoms with Crippen molar-refractivity contribution in [1.29, 1.82) is 0 Å². The van der Waals surface area contributed by atoms with Crippen molar-refractivity contribution < 1.29 is 13.6 Å². The van der Waals surface area contributed by atoms with Gasteiger partial charge < -0.3 is 0 Å². The zero-order chi connectivity index (χ0) is 20.1. The summed E-state index contributed by atoms with van der Waals surface area (Å²) in [6.45, 7) is 4.13. The Labute approximate surface area is 172 Å². The van der Waals surface area contributed by atoms with E-state index in [1.165, 1.54) is 23.5 Å². The van der Waals surface area contributed by atoms with Crippen LogP contribution in [0.3, 0.4) is 0 Å². The third-order valence-corrected chi connectivity index (χ3v) is 6.81. The summed E-state index contributed by atoms with van der Waals surface area (Å²) in [5.41, 5.74) is 0.962. The smallest absolute Gasteiger partial charge is 0.278 e. The van der Waals surface area contributed by atoms with Gasteiger partial charge in [-0.15, -0.1) is 23.1 Å². The molecule has 146 valence electrons. The van der Waals surface area contributed by atoms with Gasteiger partial charge in [-0.05, 0) is 36.4 Å². The molecule has 6 nitrogen and oxygen atoms in total. The fraction of sp³-hybridized carbons (Fsp3) is 0.158. The number of thiazole rings is 1. The van der Waals surface area contributed by atoms with Crippen LogP contribution < -0.4 is 4.72 Å². The monoisotopic (exact) mass is 433 g/mol. The lowest BCUT2D eigenvalue weighted by Crippen LogP contribution is -2.20. The molecule has 0 aliphatic heterocycles. The van der Waals surface area contributed by atoms with Crippen molar-refractivity contribution in [2.45, 2.75) is 24.0 Å². The lowest BCUT2D eigenvalue weighted by molar-refractivity contribution is 0.100. The van der Waals surface area contributed by atoms with Gasteiger partial charge in [-0.1, -0.05) is 26.0 Å². The van der Waals surface area contributed by atoms with Crippen LogP contribution in [0.2, 0.25) is 0 Å². The number of benzene rings is 1. The van der Waals surface area contributed by atoms with Gasteiger partial charge in [-0.2, -0.15) is 0 Å². The highest BCUT2D eigenvalue weighted by Crippen LogP contribution is 2.27. The average molecular weight is 434 g/mol. The molecule has 1 aliphatic rings. The highest BCUT2D eigenvalue weighted by atomic mass is 32.2. The summed E-state index contributed by atoms with van der Waals surface area (Å²) in [4.78, 5) is 21.8. The van der Waals surface area contributed by atoms with E-state index in [4.69, 9.17) is 0 Å². The summed E-state index contributed by atoms with van der Waals surface area (Å²) in [7, 11) is -3.48. The van der Waals surface area contributed by atoms with E-state index in [1.807, 2.05) is 12.1 Å². The number of allylic oxidation sites excluding steroid dienone is 4. The summed E-state index contributed by atoms with van der Waals surface area (Å²) in [5.74, 6) is -0.345. The van der Waals surface area contributed by atoms with Gasteiger partial charge in [0.05, 0.1) is 16.1 Å². The maximum absolute atomic E-state index is 12.6. The second-order valence-electron chi connectivity index (χ2n) is 6.04. The Kier molecular flexibility index (Phi) is 6.50. The number of nitrogens with zero attached hydrogens (tertiary/aromatic N) is 2. The van der Waals surface area contributed by atoms with Crippen molar-refractivity contribution >= 4 is 54.7 Å². The third kappa shape index (κ3) is 5.20. The summed E-state index contributed by atoms with van der Waals surface area (Å²) in [6, 6.07) is 7.36. The molecule has 28 heavy (non-hydrogen) atoms. The van der Waals surface area contributed by atoms with E-state index in [0.29, 0.717) is 21.7 Å². The number of anilines is 1. The average Bonchev–Trinajstić information content (AvgIpc) is 3.14. The molecular weight excluding hydrogens is 414 g/mol. The number of thioether (sulfide) groups is 1. The van der Waals surface area contributed by atoms with E-state index in [0.717, 1.165) is 4.90 Å². The first-order valence-corrected chi connectivity index (χ1v) is 11.7. The summed E-state index contributed by atoms with van der Waals surface area (Å²) in [6.07, 6.45) is 7.59. The Morgan fingerprint density at radius 2 is 1.96 bits per heavy atom. The highest BCUT2D eigenvalue weighted by molar-refractivity contribution is 8.00. The van der Waals surface area contributed by atoms with E-state index < -0.39 is 9.99 Å². The molecule has 9 heteroatoms. The van der Waals surface area contributed by atoms with Gasteiger partial charge in [0.15, 0.2) is 15.1 Å². The number of nitrogens with one attached hydrogen (secondary N) is 1. The molecule has 1 unspecified atom stereocenters. The fourth-order valence-corrected chi connectivity index (χ4v) is 5.10. The number of carbonyl (C=O) groups excluding carboxylic acids is 1. The first kappa shape index (κ1) is 20.5. The van der Waals surface area contributed by atoms with Crippen molar-refractivity contribution in [2.75, 3.05) is 4.72 Å². The number of carbonyl (C=O) groups is 1. The Morgan fingerprint density at radius 3 is 2.61 bits per heavy atom. The Hall–Kier alpha value is -2.20. The molecule has 1 atom stereocenters. The van der Waals surface area contributed by atoms with E-state index in [-0.39, 0.29) is 10.8 Å². The predicted octanol–water partition coefficient (Wildman–Crippen LogP) is 4.31. The van der Waals surface area contributed by atoms with E-state index >= 15 is 0 Å². The Morgan fingerprint density at radius 1 is 1.25 bits per heavy atom. The van der Waals surface area contributed by atoms with Crippen LogP contribution in [-0.2, 0) is 9.99 Å². The Balaban J connectivity index is 1.81. The molecule has 0 spiro atoms. The number of amides is 1. The number of rotatable bonds is 5. The quantitative estimate of drug-likeness (QED) is 0.542. The zero-order valence-corrected chi connectivity index (χ0v) is 17.7. The molecule has 1 aromatic carbocycles. The minimum atomic E-state index is -3.48. The molecule has 2 aromatic rings. The van der Waals surface area contributed by atoms with Crippen LogP contribution >= 0.6 is 23.1 Å². The lowest BCUT2D eigenvalue weighted by atomic mass is 10.1. The standard InChI is InChI=1S/C19H19N3O3S3/c1-13(2)27-17-6-4-3-5-16(17)18(23)21-14-7-9-15(10-8-14)28(24,25)22-19-20-11-12-26-19/h3-13H,1-2H3,(H2,20,22,24,25). The number of hydrogen-bond donors (Lipinski definition) is 2. The molecule has 1 aromatic heterocycles. The van der Waals surface area contributed by atoms with Crippen LogP contribution in [0.5, 0.6) is 0 Å².